The van der Waals surface area contributed by atoms with Crippen molar-refractivity contribution in [3.8, 4) is 34.2 Å². The zero-order valence-corrected chi connectivity index (χ0v) is 46.1. The second kappa shape index (κ2) is 22.1. The van der Waals surface area contributed by atoms with Gasteiger partial charge in [-0.1, -0.05) is 76.2 Å². The highest BCUT2D eigenvalue weighted by Gasteiger charge is 2.56. The second-order valence-corrected chi connectivity index (χ2v) is 22.6. The number of thiocarbonyl (C=S) groups is 1. The van der Waals surface area contributed by atoms with Crippen LogP contribution in [0.15, 0.2) is 73.6 Å². The molecule has 3 saturated heterocycles. The first-order valence-corrected chi connectivity index (χ1v) is 26.7. The summed E-state index contributed by atoms with van der Waals surface area (Å²) >= 11 is 5.44. The van der Waals surface area contributed by atoms with Gasteiger partial charge in [-0.15, -0.1) is 4.58 Å². The summed E-state index contributed by atoms with van der Waals surface area (Å²) in [5, 5.41) is 4.03. The lowest BCUT2D eigenvalue weighted by Crippen LogP contribution is -2.59. The first kappa shape index (κ1) is 54.9. The van der Waals surface area contributed by atoms with Gasteiger partial charge in [-0.05, 0) is 132 Å². The number of carbonyl (C=O) groups is 5. The fourth-order valence-electron chi connectivity index (χ4n) is 11.2. The first-order valence-electron chi connectivity index (χ1n) is 26.2. The van der Waals surface area contributed by atoms with Crippen molar-refractivity contribution in [2.75, 3.05) is 54.0 Å². The molecule has 6 heterocycles. The molecule has 0 aliphatic carbocycles. The molecule has 15 nitrogen and oxygen atoms in total. The number of esters is 1. The van der Waals surface area contributed by atoms with Crippen molar-refractivity contribution < 1.29 is 38.0 Å². The summed E-state index contributed by atoms with van der Waals surface area (Å²) < 4.78 is 15.6. The van der Waals surface area contributed by atoms with Crippen molar-refractivity contribution in [1.29, 1.82) is 0 Å². The molecule has 4 atom stereocenters. The van der Waals surface area contributed by atoms with Crippen LogP contribution in [0.2, 0.25) is 0 Å². The lowest BCUT2D eigenvalue weighted by Gasteiger charge is -2.33. The fraction of sp³-hybridized carbons (Fsp3) is 0.492. The van der Waals surface area contributed by atoms with Crippen LogP contribution in [0.3, 0.4) is 0 Å². The summed E-state index contributed by atoms with van der Waals surface area (Å²) in [7, 11) is 5.44. The van der Waals surface area contributed by atoms with Gasteiger partial charge in [0.2, 0.25) is 5.91 Å². The molecule has 1 spiro atoms. The summed E-state index contributed by atoms with van der Waals surface area (Å²) in [4.78, 5) is 82.9. The molecule has 0 radical (unpaired) electrons. The number of hydrazine groups is 1. The number of pyridine rings is 1. The number of ether oxygens (including phenoxy) is 2. The normalized spacial score (nSPS) is 21.7. The minimum absolute atomic E-state index is 0.0194. The van der Waals surface area contributed by atoms with Crippen molar-refractivity contribution in [1.82, 2.24) is 34.7 Å². The molecule has 4 amide bonds. The Morgan fingerprint density at radius 1 is 1.07 bits per heavy atom. The van der Waals surface area contributed by atoms with Crippen LogP contribution in [0.25, 0.3) is 33.3 Å². The van der Waals surface area contributed by atoms with E-state index in [1.165, 1.54) is 15.8 Å². The Labute approximate surface area is 447 Å². The van der Waals surface area contributed by atoms with E-state index in [4.69, 9.17) is 26.7 Å². The Bertz CT molecular complexity index is 3030. The van der Waals surface area contributed by atoms with Crippen molar-refractivity contribution in [3.63, 3.8) is 0 Å². The van der Waals surface area contributed by atoms with E-state index in [0.717, 1.165) is 44.4 Å². The van der Waals surface area contributed by atoms with Crippen LogP contribution >= 0.6 is 12.2 Å². The molecule has 8 rings (SSSR count). The van der Waals surface area contributed by atoms with E-state index in [0.29, 0.717) is 57.4 Å². The number of amides is 4. The van der Waals surface area contributed by atoms with Crippen LogP contribution in [-0.2, 0) is 52.8 Å². The number of aromatic nitrogens is 2. The monoisotopic (exact) mass is 1040 g/mol. The molecule has 4 aromatic rings. The van der Waals surface area contributed by atoms with Crippen molar-refractivity contribution in [2.24, 2.45) is 16.7 Å². The van der Waals surface area contributed by atoms with Gasteiger partial charge in [0.1, 0.15) is 12.1 Å². The molecular weight excluding hydrogens is 965 g/mol. The third kappa shape index (κ3) is 10.9. The third-order valence-electron chi connectivity index (χ3n) is 15.8. The summed E-state index contributed by atoms with van der Waals surface area (Å²) in [6, 6.07) is 16.6. The fourth-order valence-corrected chi connectivity index (χ4v) is 11.4. The minimum atomic E-state index is -0.959. The van der Waals surface area contributed by atoms with E-state index in [9.17, 15) is 14.4 Å². The highest BCUT2D eigenvalue weighted by molar-refractivity contribution is 7.79. The predicted octanol–water partition coefficient (Wildman–Crippen LogP) is 7.18. The van der Waals surface area contributed by atoms with Gasteiger partial charge in [0.25, 0.3) is 11.6 Å². The number of rotatable bonds is 10. The molecule has 16 heteroatoms. The summed E-state index contributed by atoms with van der Waals surface area (Å²) in [5.74, 6) is 3.55. The van der Waals surface area contributed by atoms with E-state index in [-0.39, 0.29) is 49.6 Å². The molecule has 4 aliphatic rings. The molecular formula is C59H73N8O7S+. The zero-order valence-electron chi connectivity index (χ0n) is 45.3. The van der Waals surface area contributed by atoms with E-state index in [1.807, 2.05) is 77.0 Å². The van der Waals surface area contributed by atoms with Gasteiger partial charge in [0.05, 0.1) is 35.4 Å². The highest BCUT2D eigenvalue weighted by atomic mass is 32.1. The van der Waals surface area contributed by atoms with Gasteiger partial charge >= 0.3 is 17.8 Å². The number of cyclic esters (lactones) is 1. The van der Waals surface area contributed by atoms with E-state index in [1.54, 1.807) is 28.5 Å². The maximum absolute atomic E-state index is 15.4. The molecule has 3 fully saturated rings. The van der Waals surface area contributed by atoms with Gasteiger partial charge in [0.15, 0.2) is 12.2 Å². The minimum Gasteiger partial charge on any atom is -0.464 e. The molecule has 75 heavy (non-hydrogen) atoms. The first-order chi connectivity index (χ1) is 35.7. The molecule has 1 N–H and O–H groups in total. The molecule has 0 saturated carbocycles. The number of hydrogen-bond acceptors (Lipinski definition) is 11. The topological polar surface area (TPSA) is 150 Å². The Morgan fingerprint density at radius 3 is 2.51 bits per heavy atom. The SMILES string of the molecule is C=C[N+](C(=O)[C@H](C(C)C)N1CC[C@]2(CCN(C(=O)C#CC(C)(C)N(C)C)C2)C1=O)=C1Cc2cccc(c2)-c2ccc3c(c2)c(c(-c2cccnc2[C@H](C=S)OC)n3CC)CC(C)(C)COC(=O)[C@@H]2CCCN(N2)C1=O. The van der Waals surface area contributed by atoms with E-state index >= 15 is 9.59 Å². The van der Waals surface area contributed by atoms with Gasteiger partial charge in [-0.25, -0.2) is 10.2 Å². The van der Waals surface area contributed by atoms with Crippen LogP contribution in [0, 0.1) is 28.6 Å². The number of hydrogen-bond donors (Lipinski definition) is 1. The quantitative estimate of drug-likeness (QED) is 0.0745. The average molecular weight is 1040 g/mol. The Kier molecular flexibility index (Phi) is 16.1. The van der Waals surface area contributed by atoms with Crippen LogP contribution < -0.4 is 5.43 Å². The van der Waals surface area contributed by atoms with Crippen LogP contribution in [0.4, 0.5) is 0 Å². The van der Waals surface area contributed by atoms with Crippen LogP contribution in [-0.4, -0.2) is 146 Å². The van der Waals surface area contributed by atoms with Crippen molar-refractivity contribution in [2.45, 2.75) is 117 Å². The largest absolute Gasteiger partial charge is 0.464 e. The molecule has 6 bridgehead atoms. The Balaban J connectivity index is 1.21. The number of nitrogens with zero attached hydrogens (tertiary/aromatic N) is 7. The number of benzene rings is 2. The maximum atomic E-state index is 15.4. The number of nitrogens with one attached hydrogen (secondary N) is 1. The van der Waals surface area contributed by atoms with Crippen LogP contribution in [0.1, 0.15) is 97.1 Å². The van der Waals surface area contributed by atoms with Gasteiger partial charge in [-0.3, -0.25) is 34.1 Å². The summed E-state index contributed by atoms with van der Waals surface area (Å²) in [5.41, 5.74) is 8.66. The molecule has 0 unspecified atom stereocenters. The lowest BCUT2D eigenvalue weighted by atomic mass is 9.84. The van der Waals surface area contributed by atoms with Crippen molar-refractivity contribution in [3.05, 3.63) is 90.4 Å². The van der Waals surface area contributed by atoms with Gasteiger partial charge in [0, 0.05) is 73.3 Å². The molecule has 2 aromatic heterocycles. The van der Waals surface area contributed by atoms with Gasteiger partial charge in [-0.2, -0.15) is 0 Å². The van der Waals surface area contributed by atoms with E-state index < -0.39 is 52.3 Å². The maximum Gasteiger partial charge on any atom is 0.415 e. The van der Waals surface area contributed by atoms with Crippen molar-refractivity contribution >= 4 is 63.8 Å². The second-order valence-electron chi connectivity index (χ2n) is 22.4. The lowest BCUT2D eigenvalue weighted by molar-refractivity contribution is -0.387. The number of aryl methyl sites for hydroxylation is 1. The van der Waals surface area contributed by atoms with Crippen LogP contribution in [0.5, 0.6) is 0 Å². The van der Waals surface area contributed by atoms with E-state index in [2.05, 4.69) is 73.4 Å². The molecule has 396 valence electrons. The Hall–Kier alpha value is -6.38. The standard InChI is InChI=1S/C59H72N8O7S/c1-12-64-46-22-21-41-33-43(46)44(52(64)42-19-15-27-60-50(42)48(35-75)73-11)34-57(5,6)37-74-55(71)45-20-16-28-67(61-45)53(69)47(32-39-17-14-18-40(41)31-39)65(13-2)54(70)51(38(3)4)66-30-26-59(56(66)72)25-29-63(36-59)49(68)23-24-58(7,8)62(9)10/h13-15,17-19,21-22,27,31,33,35,38,45,48,51H,2,12,16,20,25-26,28-30,32,34,36-37H2,1,3-11H3/p+1/t45-,48-,51-,59-/m0/s1. The molecule has 2 aromatic carbocycles. The zero-order chi connectivity index (χ0) is 54.1. The summed E-state index contributed by atoms with van der Waals surface area (Å²) in [6.45, 7) is 20.0. The summed E-state index contributed by atoms with van der Waals surface area (Å²) in [6.07, 6.45) is 5.01. The predicted molar refractivity (Wildman–Crippen MR) is 294 cm³/mol. The average Bonchev–Trinajstić information content (AvgIpc) is 4.07. The third-order valence-corrected chi connectivity index (χ3v) is 16.0. The number of methoxy groups -OCH3 is 1. The number of likely N-dealkylation sites (tertiary alicyclic amines) is 2. The number of fused-ring (bicyclic) bond motifs is 6. The smallest absolute Gasteiger partial charge is 0.415 e. The van der Waals surface area contributed by atoms with Gasteiger partial charge < -0.3 is 23.8 Å². The number of carbonyl (C=O) groups excluding carboxylic acids is 5. The highest BCUT2D eigenvalue weighted by Crippen LogP contribution is 2.44. The molecule has 4 aliphatic heterocycles. The Morgan fingerprint density at radius 2 is 1.81 bits per heavy atom.